The molecular weight excluding hydrogens is 426 g/mol. The Morgan fingerprint density at radius 3 is 2.28 bits per heavy atom. The summed E-state index contributed by atoms with van der Waals surface area (Å²) < 4.78 is 15.0. The normalized spacial score (nSPS) is 13.1. The van der Waals surface area contributed by atoms with E-state index in [0.717, 1.165) is 6.61 Å². The third-order valence-electron chi connectivity index (χ3n) is 6.66. The lowest BCUT2D eigenvalue weighted by molar-refractivity contribution is 0.0913. The van der Waals surface area contributed by atoms with Crippen LogP contribution in [0.3, 0.4) is 0 Å². The number of para-hydroxylation sites is 1. The molecule has 174 valence electrons. The molecule has 32 heavy (non-hydrogen) atoms. The van der Waals surface area contributed by atoms with Crippen LogP contribution in [0.2, 0.25) is 43.8 Å². The van der Waals surface area contributed by atoms with E-state index in [4.69, 9.17) is 9.16 Å². The Bertz CT molecular complexity index is 1040. The van der Waals surface area contributed by atoms with Crippen LogP contribution < -0.4 is 0 Å². The third kappa shape index (κ3) is 6.22. The summed E-state index contributed by atoms with van der Waals surface area (Å²) in [5, 5.41) is 1.46. The summed E-state index contributed by atoms with van der Waals surface area (Å²) in [5.74, 6) is 0. The van der Waals surface area contributed by atoms with Crippen molar-refractivity contribution in [2.24, 2.45) is 0 Å². The van der Waals surface area contributed by atoms with Crippen LogP contribution >= 0.6 is 0 Å². The standard InChI is InChI=1S/C27H41NO2Si2/c1-27(2,3)32(7,8)30-20-22-12-11-14-23(18-22)26-19-24-13-9-10-15-25(24)28(26)21-29-16-17-31(4,5)6/h9-15,18-19H,16-17,20-21H2,1-8H3. The van der Waals surface area contributed by atoms with Crippen molar-refractivity contribution in [1.29, 1.82) is 0 Å². The minimum absolute atomic E-state index is 0.213. The van der Waals surface area contributed by atoms with E-state index < -0.39 is 16.4 Å². The average molecular weight is 468 g/mol. The maximum Gasteiger partial charge on any atom is 0.192 e. The van der Waals surface area contributed by atoms with Crippen molar-refractivity contribution in [1.82, 2.24) is 4.57 Å². The van der Waals surface area contributed by atoms with Crippen molar-refractivity contribution >= 4 is 27.3 Å². The number of benzene rings is 2. The summed E-state index contributed by atoms with van der Waals surface area (Å²) in [6.45, 7) is 20.7. The van der Waals surface area contributed by atoms with Crippen LogP contribution in [0.4, 0.5) is 0 Å². The smallest absolute Gasteiger partial charge is 0.192 e. The molecule has 0 bridgehead atoms. The quantitative estimate of drug-likeness (QED) is 0.234. The van der Waals surface area contributed by atoms with Gasteiger partial charge in [0.2, 0.25) is 0 Å². The van der Waals surface area contributed by atoms with Crippen molar-refractivity contribution in [3.63, 3.8) is 0 Å². The van der Waals surface area contributed by atoms with Gasteiger partial charge in [-0.05, 0) is 53.5 Å². The number of hydrogen-bond donors (Lipinski definition) is 0. The van der Waals surface area contributed by atoms with Gasteiger partial charge in [-0.15, -0.1) is 0 Å². The molecule has 0 spiro atoms. The number of nitrogens with zero attached hydrogens (tertiary/aromatic N) is 1. The maximum atomic E-state index is 6.48. The lowest BCUT2D eigenvalue weighted by Gasteiger charge is -2.36. The van der Waals surface area contributed by atoms with Crippen LogP contribution in [0.25, 0.3) is 22.2 Å². The summed E-state index contributed by atoms with van der Waals surface area (Å²) in [5.41, 5.74) is 4.86. The van der Waals surface area contributed by atoms with Crippen LogP contribution in [-0.2, 0) is 22.5 Å². The molecule has 1 aromatic heterocycles. The van der Waals surface area contributed by atoms with Crippen LogP contribution in [-0.4, -0.2) is 27.6 Å². The van der Waals surface area contributed by atoms with Crippen molar-refractivity contribution in [3.05, 3.63) is 60.2 Å². The molecule has 0 aliphatic rings. The average Bonchev–Trinajstić information content (AvgIpc) is 3.07. The van der Waals surface area contributed by atoms with E-state index in [1.54, 1.807) is 0 Å². The molecule has 0 unspecified atom stereocenters. The molecule has 0 aliphatic heterocycles. The molecule has 0 amide bonds. The number of ether oxygens (including phenoxy) is 1. The van der Waals surface area contributed by atoms with Crippen molar-refractivity contribution < 1.29 is 9.16 Å². The Morgan fingerprint density at radius 2 is 1.59 bits per heavy atom. The summed E-state index contributed by atoms with van der Waals surface area (Å²) in [6, 6.07) is 20.8. The Morgan fingerprint density at radius 1 is 0.875 bits per heavy atom. The first-order valence-electron chi connectivity index (χ1n) is 11.8. The van der Waals surface area contributed by atoms with Gasteiger partial charge in [0.05, 0.1) is 17.8 Å². The minimum Gasteiger partial charge on any atom is -0.413 e. The molecule has 0 radical (unpaired) electrons. The zero-order valence-corrected chi connectivity index (χ0v) is 23.3. The van der Waals surface area contributed by atoms with Gasteiger partial charge >= 0.3 is 0 Å². The lowest BCUT2D eigenvalue weighted by Crippen LogP contribution is -2.40. The predicted molar refractivity (Wildman–Crippen MR) is 143 cm³/mol. The minimum atomic E-state index is -1.78. The molecule has 1 heterocycles. The van der Waals surface area contributed by atoms with E-state index in [1.807, 2.05) is 0 Å². The van der Waals surface area contributed by atoms with Crippen molar-refractivity contribution in [2.75, 3.05) is 6.61 Å². The SMILES string of the molecule is CC(C)(C)[Si](C)(C)OCc1cccc(-c2cc3ccccc3n2COCC[Si](C)(C)C)c1. The topological polar surface area (TPSA) is 23.4 Å². The van der Waals surface area contributed by atoms with Crippen molar-refractivity contribution in [3.8, 4) is 11.3 Å². The molecule has 3 rings (SSSR count). The number of hydrogen-bond acceptors (Lipinski definition) is 2. The van der Waals surface area contributed by atoms with E-state index in [0.29, 0.717) is 13.3 Å². The zero-order chi connectivity index (χ0) is 23.6. The molecule has 5 heteroatoms. The highest BCUT2D eigenvalue weighted by Gasteiger charge is 2.37. The maximum absolute atomic E-state index is 6.48. The van der Waals surface area contributed by atoms with Gasteiger partial charge in [-0.3, -0.25) is 0 Å². The summed E-state index contributed by atoms with van der Waals surface area (Å²) in [7, 11) is -2.88. The first-order valence-corrected chi connectivity index (χ1v) is 18.4. The summed E-state index contributed by atoms with van der Waals surface area (Å²) >= 11 is 0. The largest absolute Gasteiger partial charge is 0.413 e. The van der Waals surface area contributed by atoms with Gasteiger partial charge in [0, 0.05) is 20.1 Å². The fraction of sp³-hybridized carbons (Fsp3) is 0.481. The van der Waals surface area contributed by atoms with Crippen LogP contribution in [0.5, 0.6) is 0 Å². The first-order chi connectivity index (χ1) is 14.9. The van der Waals surface area contributed by atoms with Gasteiger partial charge in [0.25, 0.3) is 0 Å². The van der Waals surface area contributed by atoms with Gasteiger partial charge in [0.15, 0.2) is 8.32 Å². The second kappa shape index (κ2) is 9.68. The summed E-state index contributed by atoms with van der Waals surface area (Å²) in [6.07, 6.45) is 0. The highest BCUT2D eigenvalue weighted by atomic mass is 28.4. The first kappa shape index (κ1) is 25.0. The fourth-order valence-electron chi connectivity index (χ4n) is 3.42. The molecule has 0 fully saturated rings. The zero-order valence-electron chi connectivity index (χ0n) is 21.3. The molecule has 0 saturated carbocycles. The second-order valence-corrected chi connectivity index (χ2v) is 22.0. The molecule has 0 atom stereocenters. The van der Waals surface area contributed by atoms with Crippen LogP contribution in [0, 0.1) is 0 Å². The number of aromatic nitrogens is 1. The molecule has 0 saturated heterocycles. The highest BCUT2D eigenvalue weighted by molar-refractivity contribution is 6.76. The van der Waals surface area contributed by atoms with Crippen molar-refractivity contribution in [2.45, 2.75) is 77.9 Å². The molecule has 0 aliphatic carbocycles. The van der Waals surface area contributed by atoms with Crippen LogP contribution in [0.1, 0.15) is 26.3 Å². The fourth-order valence-corrected chi connectivity index (χ4v) is 5.14. The molecular formula is C27H41NO2Si2. The predicted octanol–water partition coefficient (Wildman–Crippen LogP) is 8.14. The highest BCUT2D eigenvalue weighted by Crippen LogP contribution is 2.37. The van der Waals surface area contributed by atoms with E-state index in [9.17, 15) is 0 Å². The Hall–Kier alpha value is -1.67. The number of fused-ring (bicyclic) bond motifs is 1. The molecule has 3 nitrogen and oxygen atoms in total. The monoisotopic (exact) mass is 467 g/mol. The van der Waals surface area contributed by atoms with E-state index >= 15 is 0 Å². The molecule has 3 aromatic rings. The van der Waals surface area contributed by atoms with Gasteiger partial charge in [-0.1, -0.05) is 76.8 Å². The molecule has 2 aromatic carbocycles. The van der Waals surface area contributed by atoms with Gasteiger partial charge < -0.3 is 13.7 Å². The van der Waals surface area contributed by atoms with Gasteiger partial charge in [0.1, 0.15) is 6.73 Å². The van der Waals surface area contributed by atoms with E-state index in [-0.39, 0.29) is 5.04 Å². The lowest BCUT2D eigenvalue weighted by atomic mass is 10.1. The van der Waals surface area contributed by atoms with E-state index in [2.05, 4.69) is 113 Å². The number of rotatable bonds is 9. The van der Waals surface area contributed by atoms with E-state index in [1.165, 1.54) is 33.8 Å². The Kier molecular flexibility index (Phi) is 7.55. The Labute approximate surface area is 196 Å². The van der Waals surface area contributed by atoms with Gasteiger partial charge in [-0.25, -0.2) is 0 Å². The second-order valence-electron chi connectivity index (χ2n) is 11.6. The van der Waals surface area contributed by atoms with Crippen LogP contribution in [0.15, 0.2) is 54.6 Å². The molecule has 0 N–H and O–H groups in total. The third-order valence-corrected chi connectivity index (χ3v) is 12.8. The van der Waals surface area contributed by atoms with Gasteiger partial charge in [-0.2, -0.15) is 0 Å². The summed E-state index contributed by atoms with van der Waals surface area (Å²) in [4.78, 5) is 0. The Balaban J connectivity index is 1.85.